The van der Waals surface area contributed by atoms with Crippen LogP contribution >= 0.6 is 0 Å². The molecule has 0 fully saturated rings. The van der Waals surface area contributed by atoms with Gasteiger partial charge >= 0.3 is 0 Å². The molecule has 0 rings (SSSR count). The summed E-state index contributed by atoms with van der Waals surface area (Å²) in [6.07, 6.45) is 0.992. The molecule has 0 saturated heterocycles. The maximum atomic E-state index is 10.5. The van der Waals surface area contributed by atoms with E-state index in [9.17, 15) is 9.90 Å². The molecule has 0 aromatic heterocycles. The van der Waals surface area contributed by atoms with Crippen LogP contribution in [0.15, 0.2) is 0 Å². The average molecular weight is 158 g/mol. The fraction of sp³-hybridized carbons (Fsp3) is 0.889. The Balaban J connectivity index is 4.01. The molecule has 0 aliphatic rings. The van der Waals surface area contributed by atoms with Crippen LogP contribution in [0.3, 0.4) is 0 Å². The minimum atomic E-state index is -0.593. The lowest BCUT2D eigenvalue weighted by atomic mass is 9.84. The Bertz CT molecular complexity index is 128. The number of aldehydes is 1. The fourth-order valence-corrected chi connectivity index (χ4v) is 0.829. The molecule has 0 bridgehead atoms. The van der Waals surface area contributed by atoms with E-state index in [0.717, 1.165) is 6.29 Å². The molecule has 0 heterocycles. The van der Waals surface area contributed by atoms with E-state index in [1.165, 1.54) is 0 Å². The SMILES string of the molecule is CC(C)CC(O)C(C)(C)C=O. The summed E-state index contributed by atoms with van der Waals surface area (Å²) in [7, 11) is 0. The summed E-state index contributed by atoms with van der Waals surface area (Å²) >= 11 is 0. The van der Waals surface area contributed by atoms with Gasteiger partial charge in [0.15, 0.2) is 0 Å². The predicted octanol–water partition coefficient (Wildman–Crippen LogP) is 1.62. The van der Waals surface area contributed by atoms with E-state index in [1.54, 1.807) is 13.8 Å². The molecule has 0 aliphatic heterocycles. The van der Waals surface area contributed by atoms with Gasteiger partial charge in [-0.25, -0.2) is 0 Å². The largest absolute Gasteiger partial charge is 0.392 e. The molecule has 0 radical (unpaired) electrons. The van der Waals surface area contributed by atoms with Crippen LogP contribution in [0.4, 0.5) is 0 Å². The van der Waals surface area contributed by atoms with Crippen molar-refractivity contribution in [2.24, 2.45) is 11.3 Å². The van der Waals surface area contributed by atoms with Crippen LogP contribution in [0.5, 0.6) is 0 Å². The summed E-state index contributed by atoms with van der Waals surface area (Å²) in [6.45, 7) is 7.58. The van der Waals surface area contributed by atoms with Crippen molar-refractivity contribution in [1.82, 2.24) is 0 Å². The lowest BCUT2D eigenvalue weighted by Crippen LogP contribution is -2.31. The second-order valence-corrected chi connectivity index (χ2v) is 4.08. The third kappa shape index (κ3) is 3.51. The zero-order valence-electron chi connectivity index (χ0n) is 7.79. The Morgan fingerprint density at radius 1 is 1.45 bits per heavy atom. The molecular weight excluding hydrogens is 140 g/mol. The molecule has 0 saturated carbocycles. The van der Waals surface area contributed by atoms with Crippen LogP contribution in [0.1, 0.15) is 34.1 Å². The van der Waals surface area contributed by atoms with Crippen LogP contribution in [-0.2, 0) is 4.79 Å². The summed E-state index contributed by atoms with van der Waals surface area (Å²) in [6, 6.07) is 0. The zero-order chi connectivity index (χ0) is 9.07. The smallest absolute Gasteiger partial charge is 0.128 e. The van der Waals surface area contributed by atoms with Crippen LogP contribution in [0.25, 0.3) is 0 Å². The first-order valence-corrected chi connectivity index (χ1v) is 4.04. The van der Waals surface area contributed by atoms with Crippen LogP contribution in [-0.4, -0.2) is 17.5 Å². The summed E-state index contributed by atoms with van der Waals surface area (Å²) < 4.78 is 0. The highest BCUT2D eigenvalue weighted by atomic mass is 16.3. The maximum absolute atomic E-state index is 10.5. The summed E-state index contributed by atoms with van der Waals surface area (Å²) in [5.41, 5.74) is -0.593. The number of carbonyl (C=O) groups excluding carboxylic acids is 1. The second kappa shape index (κ2) is 3.86. The molecule has 0 amide bonds. The van der Waals surface area contributed by atoms with E-state index < -0.39 is 11.5 Å². The normalized spacial score (nSPS) is 15.1. The van der Waals surface area contributed by atoms with Crippen LogP contribution in [0.2, 0.25) is 0 Å². The predicted molar refractivity (Wildman–Crippen MR) is 45.3 cm³/mol. The Morgan fingerprint density at radius 3 is 2.18 bits per heavy atom. The van der Waals surface area contributed by atoms with E-state index >= 15 is 0 Å². The molecule has 0 aromatic rings. The third-order valence-corrected chi connectivity index (χ3v) is 1.86. The monoisotopic (exact) mass is 158 g/mol. The molecule has 0 aromatic carbocycles. The fourth-order valence-electron chi connectivity index (χ4n) is 0.829. The Labute approximate surface area is 68.6 Å². The lowest BCUT2D eigenvalue weighted by molar-refractivity contribution is -0.120. The Kier molecular flexibility index (Phi) is 3.73. The van der Waals surface area contributed by atoms with Crippen molar-refractivity contribution in [3.05, 3.63) is 0 Å². The lowest BCUT2D eigenvalue weighted by Gasteiger charge is -2.25. The molecule has 11 heavy (non-hydrogen) atoms. The van der Waals surface area contributed by atoms with Gasteiger partial charge in [-0.15, -0.1) is 0 Å². The van der Waals surface area contributed by atoms with Gasteiger partial charge in [-0.2, -0.15) is 0 Å². The summed E-state index contributed by atoms with van der Waals surface area (Å²) in [5.74, 6) is 0.434. The van der Waals surface area contributed by atoms with Crippen molar-refractivity contribution in [3.8, 4) is 0 Å². The number of aliphatic hydroxyl groups is 1. The molecule has 1 atom stereocenters. The molecule has 1 N–H and O–H groups in total. The van der Waals surface area contributed by atoms with Crippen LogP contribution < -0.4 is 0 Å². The quantitative estimate of drug-likeness (QED) is 0.631. The average Bonchev–Trinajstić information content (AvgIpc) is 1.86. The van der Waals surface area contributed by atoms with Gasteiger partial charge in [0.05, 0.1) is 6.10 Å². The van der Waals surface area contributed by atoms with Gasteiger partial charge in [-0.1, -0.05) is 27.7 Å². The van der Waals surface area contributed by atoms with Crippen molar-refractivity contribution >= 4 is 6.29 Å². The van der Waals surface area contributed by atoms with Crippen molar-refractivity contribution in [3.63, 3.8) is 0 Å². The van der Waals surface area contributed by atoms with Gasteiger partial charge in [-0.3, -0.25) is 0 Å². The first-order valence-electron chi connectivity index (χ1n) is 4.04. The third-order valence-electron chi connectivity index (χ3n) is 1.86. The number of aliphatic hydroxyl groups excluding tert-OH is 1. The van der Waals surface area contributed by atoms with Crippen molar-refractivity contribution in [2.45, 2.75) is 40.2 Å². The van der Waals surface area contributed by atoms with E-state index in [4.69, 9.17) is 0 Å². The standard InChI is InChI=1S/C9H18O2/c1-7(2)5-8(11)9(3,4)6-10/h6-8,11H,5H2,1-4H3. The summed E-state index contributed by atoms with van der Waals surface area (Å²) in [5, 5.41) is 9.52. The molecule has 1 unspecified atom stereocenters. The molecular formula is C9H18O2. The number of hydrogen-bond donors (Lipinski definition) is 1. The van der Waals surface area contributed by atoms with Gasteiger partial charge in [-0.05, 0) is 12.3 Å². The molecule has 2 heteroatoms. The number of rotatable bonds is 4. The van der Waals surface area contributed by atoms with Gasteiger partial charge in [0.2, 0.25) is 0 Å². The van der Waals surface area contributed by atoms with Gasteiger partial charge in [0.25, 0.3) is 0 Å². The van der Waals surface area contributed by atoms with Gasteiger partial charge in [0, 0.05) is 5.41 Å². The topological polar surface area (TPSA) is 37.3 Å². The second-order valence-electron chi connectivity index (χ2n) is 4.08. The zero-order valence-corrected chi connectivity index (χ0v) is 7.79. The Hall–Kier alpha value is -0.370. The minimum Gasteiger partial charge on any atom is -0.392 e. The Morgan fingerprint density at radius 2 is 1.91 bits per heavy atom. The molecule has 0 aliphatic carbocycles. The highest BCUT2D eigenvalue weighted by Crippen LogP contribution is 2.22. The van der Waals surface area contributed by atoms with E-state index in [1.807, 2.05) is 13.8 Å². The van der Waals surface area contributed by atoms with Crippen molar-refractivity contribution in [2.75, 3.05) is 0 Å². The van der Waals surface area contributed by atoms with E-state index in [2.05, 4.69) is 0 Å². The molecule has 2 nitrogen and oxygen atoms in total. The highest BCUT2D eigenvalue weighted by Gasteiger charge is 2.27. The summed E-state index contributed by atoms with van der Waals surface area (Å²) in [4.78, 5) is 10.5. The number of hydrogen-bond acceptors (Lipinski definition) is 2. The molecule has 0 spiro atoms. The highest BCUT2D eigenvalue weighted by molar-refractivity contribution is 5.58. The first kappa shape index (κ1) is 10.6. The first-order chi connectivity index (χ1) is 4.90. The minimum absolute atomic E-state index is 0.434. The van der Waals surface area contributed by atoms with Crippen molar-refractivity contribution < 1.29 is 9.90 Å². The van der Waals surface area contributed by atoms with E-state index in [0.29, 0.717) is 12.3 Å². The maximum Gasteiger partial charge on any atom is 0.128 e. The van der Waals surface area contributed by atoms with Crippen molar-refractivity contribution in [1.29, 1.82) is 0 Å². The van der Waals surface area contributed by atoms with Crippen LogP contribution in [0, 0.1) is 11.3 Å². The van der Waals surface area contributed by atoms with E-state index in [-0.39, 0.29) is 0 Å². The van der Waals surface area contributed by atoms with Gasteiger partial charge in [0.1, 0.15) is 6.29 Å². The van der Waals surface area contributed by atoms with Gasteiger partial charge < -0.3 is 9.90 Å². The molecule has 66 valence electrons. The number of carbonyl (C=O) groups is 1.